The molecule has 344 valence electrons. The van der Waals surface area contributed by atoms with Crippen molar-refractivity contribution in [2.24, 2.45) is 10.2 Å². The third kappa shape index (κ3) is 10.9. The van der Waals surface area contributed by atoms with E-state index in [0.29, 0.717) is 24.3 Å². The van der Waals surface area contributed by atoms with Crippen LogP contribution in [0.3, 0.4) is 0 Å². The number of aliphatic hydroxyl groups excluding tert-OH is 2. The van der Waals surface area contributed by atoms with E-state index in [0.717, 1.165) is 32.3 Å². The fourth-order valence-corrected chi connectivity index (χ4v) is 12.0. The molecular weight excluding hydrogens is 905 g/mol. The van der Waals surface area contributed by atoms with E-state index in [2.05, 4.69) is 133 Å². The topological polar surface area (TPSA) is 71.7 Å². The first-order valence-corrected chi connectivity index (χ1v) is 26.2. The highest BCUT2D eigenvalue weighted by molar-refractivity contribution is 8.00. The number of hydrazone groups is 2. The molecule has 4 unspecified atom stereocenters. The predicted molar refractivity (Wildman–Crippen MR) is 292 cm³/mol. The standard InChI is InChI=1S/C60H54N4O2S3/c1-63(43-13-5-3-6-14-43)61-37-41-21-31-55-57(33-41)51-17-9-11-19-53(51)59(55)35-45(65)39-67-47-23-27-49(28-24-47)69-50-29-25-48(26-30-50)68-40-46(66)36-60-54-20-12-10-18-52(54)58-34-42(22-32-56(58)60)38-62-64(2)44-15-7-4-8-16-44/h3-34,37-38,45-46,59-60,65-66H,35-36,39-40H2,1-2H3/b61-37+,62-38+. The first-order valence-electron chi connectivity index (χ1n) is 23.4. The lowest BCUT2D eigenvalue weighted by molar-refractivity contribution is 0.183. The highest BCUT2D eigenvalue weighted by atomic mass is 32.2. The first kappa shape index (κ1) is 46.4. The summed E-state index contributed by atoms with van der Waals surface area (Å²) in [6, 6.07) is 67.9. The minimum Gasteiger partial charge on any atom is -0.392 e. The van der Waals surface area contributed by atoms with Gasteiger partial charge < -0.3 is 10.2 Å². The van der Waals surface area contributed by atoms with Gasteiger partial charge in [-0.3, -0.25) is 10.0 Å². The van der Waals surface area contributed by atoms with Crippen molar-refractivity contribution < 1.29 is 10.2 Å². The molecule has 6 nitrogen and oxygen atoms in total. The van der Waals surface area contributed by atoms with Gasteiger partial charge in [0.1, 0.15) is 0 Å². The molecule has 0 aliphatic heterocycles. The second-order valence-corrected chi connectivity index (χ2v) is 21.0. The van der Waals surface area contributed by atoms with Gasteiger partial charge in [-0.25, -0.2) is 0 Å². The third-order valence-electron chi connectivity index (χ3n) is 13.0. The van der Waals surface area contributed by atoms with Crippen LogP contribution in [0.15, 0.2) is 224 Å². The summed E-state index contributed by atoms with van der Waals surface area (Å²) in [6.45, 7) is 0. The maximum absolute atomic E-state index is 11.4. The summed E-state index contributed by atoms with van der Waals surface area (Å²) in [5.41, 5.74) is 14.2. The number of hydrogen-bond acceptors (Lipinski definition) is 9. The number of aliphatic hydroxyl groups is 2. The molecule has 9 heteroatoms. The molecule has 8 aromatic carbocycles. The van der Waals surface area contributed by atoms with Crippen LogP contribution in [0, 0.1) is 0 Å². The van der Waals surface area contributed by atoms with E-state index in [1.54, 1.807) is 35.3 Å². The van der Waals surface area contributed by atoms with Crippen molar-refractivity contribution in [3.63, 3.8) is 0 Å². The minimum atomic E-state index is -0.463. The largest absolute Gasteiger partial charge is 0.392 e. The zero-order valence-corrected chi connectivity index (χ0v) is 41.1. The Balaban J connectivity index is 0.697. The summed E-state index contributed by atoms with van der Waals surface area (Å²) < 4.78 is 0. The van der Waals surface area contributed by atoms with Crippen molar-refractivity contribution >= 4 is 59.1 Å². The summed E-state index contributed by atoms with van der Waals surface area (Å²) in [7, 11) is 3.92. The van der Waals surface area contributed by atoms with Gasteiger partial charge in [0, 0.05) is 57.0 Å². The van der Waals surface area contributed by atoms with Crippen molar-refractivity contribution in [1.29, 1.82) is 0 Å². The summed E-state index contributed by atoms with van der Waals surface area (Å²) in [4.78, 5) is 4.63. The monoisotopic (exact) mass is 958 g/mol. The maximum atomic E-state index is 11.4. The summed E-state index contributed by atoms with van der Waals surface area (Å²) >= 11 is 5.15. The van der Waals surface area contributed by atoms with Crippen LogP contribution in [0.4, 0.5) is 11.4 Å². The van der Waals surface area contributed by atoms with Crippen LogP contribution < -0.4 is 10.0 Å². The number of fused-ring (bicyclic) bond motifs is 6. The number of nitrogens with zero attached hydrogens (tertiary/aromatic N) is 4. The average Bonchev–Trinajstić information content (AvgIpc) is 3.87. The zero-order valence-electron chi connectivity index (χ0n) is 38.7. The molecule has 2 aliphatic rings. The summed E-state index contributed by atoms with van der Waals surface area (Å²) in [6.07, 6.45) is 4.23. The van der Waals surface area contributed by atoms with Crippen LogP contribution in [-0.4, -0.2) is 60.5 Å². The fraction of sp³-hybridized carbons (Fsp3) is 0.167. The number of para-hydroxylation sites is 2. The molecule has 69 heavy (non-hydrogen) atoms. The minimum absolute atomic E-state index is 0.140. The second-order valence-electron chi connectivity index (χ2n) is 17.6. The maximum Gasteiger partial charge on any atom is 0.0643 e. The normalized spacial score (nSPS) is 15.4. The van der Waals surface area contributed by atoms with Gasteiger partial charge in [0.15, 0.2) is 0 Å². The Morgan fingerprint density at radius 3 is 1.22 bits per heavy atom. The summed E-state index contributed by atoms with van der Waals surface area (Å²) in [5, 5.41) is 35.9. The van der Waals surface area contributed by atoms with Gasteiger partial charge in [-0.2, -0.15) is 10.2 Å². The quantitative estimate of drug-likeness (QED) is 0.0504. The Kier molecular flexibility index (Phi) is 14.5. The van der Waals surface area contributed by atoms with Crippen LogP contribution in [-0.2, 0) is 0 Å². The molecule has 2 N–H and O–H groups in total. The number of thioether (sulfide) groups is 2. The molecular formula is C60H54N4O2S3. The smallest absolute Gasteiger partial charge is 0.0643 e. The van der Waals surface area contributed by atoms with Crippen molar-refractivity contribution in [3.8, 4) is 22.3 Å². The Labute approximate surface area is 418 Å². The fourth-order valence-electron chi connectivity index (χ4n) is 9.45. The van der Waals surface area contributed by atoms with Crippen molar-refractivity contribution in [2.75, 3.05) is 35.6 Å². The highest BCUT2D eigenvalue weighted by Gasteiger charge is 2.31. The van der Waals surface area contributed by atoms with Gasteiger partial charge in [0.05, 0.1) is 36.0 Å². The number of anilines is 2. The van der Waals surface area contributed by atoms with Gasteiger partial charge in [0.2, 0.25) is 0 Å². The van der Waals surface area contributed by atoms with E-state index in [1.165, 1.54) is 54.3 Å². The Morgan fingerprint density at radius 2 is 0.797 bits per heavy atom. The second kappa shape index (κ2) is 21.5. The third-order valence-corrected chi connectivity index (χ3v) is 16.3. The van der Waals surface area contributed by atoms with Crippen LogP contribution in [0.25, 0.3) is 22.3 Å². The van der Waals surface area contributed by atoms with E-state index >= 15 is 0 Å². The van der Waals surface area contributed by atoms with Gasteiger partial charge in [-0.1, -0.05) is 121 Å². The molecule has 0 saturated heterocycles. The van der Waals surface area contributed by atoms with E-state index in [4.69, 9.17) is 10.2 Å². The predicted octanol–water partition coefficient (Wildman–Crippen LogP) is 14.1. The average molecular weight is 959 g/mol. The van der Waals surface area contributed by atoms with Gasteiger partial charge in [-0.05, 0) is 153 Å². The SMILES string of the molecule is CN(/N=C/c1ccc2c(c1)-c1ccccc1C2CC(O)CSc1ccc(Sc2ccc(SCC(O)CC3c4ccccc4-c4cc(/C=N/N(C)c5ccccc5)ccc43)cc2)cc1)c1ccccc1. The van der Waals surface area contributed by atoms with E-state index in [9.17, 15) is 10.2 Å². The Morgan fingerprint density at radius 1 is 0.435 bits per heavy atom. The lowest BCUT2D eigenvalue weighted by Crippen LogP contribution is -2.14. The molecule has 0 radical (unpaired) electrons. The Hall–Kier alpha value is -6.33. The van der Waals surface area contributed by atoms with E-state index < -0.39 is 12.2 Å². The molecule has 0 saturated carbocycles. The number of hydrogen-bond donors (Lipinski definition) is 2. The van der Waals surface area contributed by atoms with Gasteiger partial charge in [-0.15, -0.1) is 23.5 Å². The van der Waals surface area contributed by atoms with Crippen LogP contribution in [0.2, 0.25) is 0 Å². The molecule has 4 atom stereocenters. The zero-order chi connectivity index (χ0) is 47.1. The molecule has 8 aromatic rings. The van der Waals surface area contributed by atoms with Crippen LogP contribution in [0.1, 0.15) is 58.1 Å². The molecule has 0 aromatic heterocycles. The van der Waals surface area contributed by atoms with Crippen molar-refractivity contribution in [2.45, 2.75) is 56.5 Å². The van der Waals surface area contributed by atoms with Crippen LogP contribution >= 0.6 is 35.3 Å². The van der Waals surface area contributed by atoms with Crippen LogP contribution in [0.5, 0.6) is 0 Å². The van der Waals surface area contributed by atoms with Gasteiger partial charge >= 0.3 is 0 Å². The number of rotatable bonds is 18. The Bertz CT molecular complexity index is 2870. The molecule has 2 aliphatic carbocycles. The molecule has 0 heterocycles. The molecule has 0 amide bonds. The number of benzene rings is 8. The summed E-state index contributed by atoms with van der Waals surface area (Å²) in [5.74, 6) is 1.52. The first-order chi connectivity index (χ1) is 33.8. The molecule has 10 rings (SSSR count). The van der Waals surface area contributed by atoms with Gasteiger partial charge in [0.25, 0.3) is 0 Å². The molecule has 0 spiro atoms. The molecule has 0 fully saturated rings. The molecule has 0 bridgehead atoms. The van der Waals surface area contributed by atoms with Crippen molar-refractivity contribution in [3.05, 3.63) is 228 Å². The lowest BCUT2D eigenvalue weighted by atomic mass is 9.91. The lowest BCUT2D eigenvalue weighted by Gasteiger charge is -2.18. The van der Waals surface area contributed by atoms with E-state index in [-0.39, 0.29) is 11.8 Å². The van der Waals surface area contributed by atoms with E-state index in [1.807, 2.05) is 97.2 Å². The highest BCUT2D eigenvalue weighted by Crippen LogP contribution is 2.49. The van der Waals surface area contributed by atoms with Crippen molar-refractivity contribution in [1.82, 2.24) is 0 Å².